The minimum atomic E-state index is -0.291. The molecule has 1 aliphatic rings. The van der Waals surface area contributed by atoms with Crippen molar-refractivity contribution >= 4 is 28.1 Å². The van der Waals surface area contributed by atoms with Gasteiger partial charge in [0.15, 0.2) is 0 Å². The van der Waals surface area contributed by atoms with Crippen LogP contribution in [0.15, 0.2) is 64.4 Å². The number of hydrogen-bond acceptors (Lipinski definition) is 5. The van der Waals surface area contributed by atoms with E-state index in [1.807, 2.05) is 49.3 Å². The molecule has 1 fully saturated rings. The number of methoxy groups -OCH3 is 1. The molecule has 1 aromatic rings. The number of esters is 1. The average molecular weight is 474 g/mol. The maximum absolute atomic E-state index is 11.6. The quantitative estimate of drug-likeness (QED) is 0.221. The number of nitrogens with zero attached hydrogens (tertiary/aromatic N) is 3. The summed E-state index contributed by atoms with van der Waals surface area (Å²) in [7, 11) is 3.37. The van der Waals surface area contributed by atoms with E-state index in [-0.39, 0.29) is 12.0 Å². The third-order valence-corrected chi connectivity index (χ3v) is 5.78. The third-order valence-electron chi connectivity index (χ3n) is 5.51. The van der Waals surface area contributed by atoms with Gasteiger partial charge in [0.2, 0.25) is 0 Å². The number of benzene rings is 1. The van der Waals surface area contributed by atoms with E-state index in [0.717, 1.165) is 36.1 Å². The molecule has 0 radical (unpaired) electrons. The zero-order valence-corrected chi connectivity index (χ0v) is 19.9. The normalized spacial score (nSPS) is 17.8. The topological polar surface area (TPSA) is 45.1 Å². The number of likely N-dealkylation sites (tertiary alicyclic amines) is 1. The summed E-state index contributed by atoms with van der Waals surface area (Å²) in [5, 5.41) is 6.43. The van der Waals surface area contributed by atoms with Crippen LogP contribution in [-0.4, -0.2) is 55.4 Å². The molecular weight excluding hydrogens is 442 g/mol. The van der Waals surface area contributed by atoms with Crippen LogP contribution in [0.4, 0.5) is 0 Å². The number of rotatable bonds is 8. The molecule has 0 bridgehead atoms. The molecule has 1 atom stereocenters. The van der Waals surface area contributed by atoms with Crippen LogP contribution in [0.5, 0.6) is 0 Å². The van der Waals surface area contributed by atoms with Gasteiger partial charge in [0, 0.05) is 19.3 Å². The van der Waals surface area contributed by atoms with Crippen molar-refractivity contribution in [3.05, 3.63) is 70.4 Å². The van der Waals surface area contributed by atoms with Gasteiger partial charge in [0.05, 0.1) is 18.4 Å². The molecule has 0 N–H and O–H groups in total. The van der Waals surface area contributed by atoms with Gasteiger partial charge in [-0.05, 0) is 80.0 Å². The Bertz CT molecular complexity index is 802. The fourth-order valence-corrected chi connectivity index (χ4v) is 3.88. The van der Waals surface area contributed by atoms with Gasteiger partial charge >= 0.3 is 5.97 Å². The number of hydrogen-bond donors (Lipinski definition) is 0. The fourth-order valence-electron chi connectivity index (χ4n) is 3.76. The van der Waals surface area contributed by atoms with Crippen molar-refractivity contribution in [2.24, 2.45) is 5.10 Å². The summed E-state index contributed by atoms with van der Waals surface area (Å²) >= 11 is 3.41. The van der Waals surface area contributed by atoms with Gasteiger partial charge in [-0.3, -0.25) is 9.91 Å². The van der Waals surface area contributed by atoms with Crippen LogP contribution in [-0.2, 0) is 4.74 Å². The molecule has 1 saturated heterocycles. The third kappa shape index (κ3) is 6.67. The number of halogens is 1. The first kappa shape index (κ1) is 24.1. The van der Waals surface area contributed by atoms with Gasteiger partial charge in [-0.2, -0.15) is 5.10 Å². The van der Waals surface area contributed by atoms with E-state index in [1.54, 1.807) is 6.21 Å². The number of carbonyl (C=O) groups excluding carboxylic acids is 1. The molecular formula is C24H32BrN3O2. The summed E-state index contributed by atoms with van der Waals surface area (Å²) in [6, 6.07) is 8.07. The summed E-state index contributed by atoms with van der Waals surface area (Å²) in [6.45, 7) is 10.1. The second kappa shape index (κ2) is 11.9. The highest BCUT2D eigenvalue weighted by Crippen LogP contribution is 2.30. The molecule has 5 nitrogen and oxygen atoms in total. The van der Waals surface area contributed by atoms with Gasteiger partial charge in [-0.15, -0.1) is 0 Å². The van der Waals surface area contributed by atoms with Gasteiger partial charge in [-0.1, -0.05) is 40.7 Å². The first-order valence-corrected chi connectivity index (χ1v) is 11.0. The highest BCUT2D eigenvalue weighted by atomic mass is 79.9. The van der Waals surface area contributed by atoms with Crippen molar-refractivity contribution in [3.63, 3.8) is 0 Å². The number of likely N-dealkylation sites (N-methyl/N-ethyl adjacent to an activating group) is 1. The van der Waals surface area contributed by atoms with E-state index >= 15 is 0 Å². The number of ether oxygens (including phenoxy) is 1. The van der Waals surface area contributed by atoms with Crippen molar-refractivity contribution in [1.29, 1.82) is 0 Å². The van der Waals surface area contributed by atoms with Gasteiger partial charge in [0.1, 0.15) is 0 Å². The highest BCUT2D eigenvalue weighted by Gasteiger charge is 2.26. The zero-order chi connectivity index (χ0) is 22.1. The number of carbonyl (C=O) groups is 1. The first-order valence-electron chi connectivity index (χ1n) is 10.2. The average Bonchev–Trinajstić information content (AvgIpc) is 2.76. The Hall–Kier alpha value is -2.18. The van der Waals surface area contributed by atoms with Crippen LogP contribution in [0.1, 0.15) is 48.5 Å². The van der Waals surface area contributed by atoms with Crippen LogP contribution < -0.4 is 0 Å². The molecule has 1 heterocycles. The van der Waals surface area contributed by atoms with E-state index < -0.39 is 0 Å². The van der Waals surface area contributed by atoms with Crippen LogP contribution in [0.2, 0.25) is 0 Å². The zero-order valence-electron chi connectivity index (χ0n) is 18.3. The van der Waals surface area contributed by atoms with Crippen molar-refractivity contribution in [2.75, 3.05) is 27.2 Å². The molecule has 1 aromatic carbocycles. The summed E-state index contributed by atoms with van der Waals surface area (Å²) in [4.78, 5) is 14.1. The Morgan fingerprint density at radius 1 is 1.30 bits per heavy atom. The minimum absolute atomic E-state index is 0.238. The predicted molar refractivity (Wildman–Crippen MR) is 128 cm³/mol. The van der Waals surface area contributed by atoms with Crippen molar-refractivity contribution < 1.29 is 9.53 Å². The monoisotopic (exact) mass is 473 g/mol. The molecule has 6 heteroatoms. The standard InChI is InChI=1S/C24H32BrN3O2/c1-6-7-23(27(4)26-15-12-18(2)25)19(3)28-16-13-21(14-17-28)20-8-10-22(11-9-20)24(29)30-5/h6-12,15,19,21H,1,13-14,16-17H2,2-5H3/b18-12+,23-7-,26-15-. The first-order chi connectivity index (χ1) is 14.4. The summed E-state index contributed by atoms with van der Waals surface area (Å²) in [5.74, 6) is 0.218. The smallest absolute Gasteiger partial charge is 0.337 e. The van der Waals surface area contributed by atoms with E-state index in [4.69, 9.17) is 4.74 Å². The number of piperidine rings is 1. The largest absolute Gasteiger partial charge is 0.465 e. The van der Waals surface area contributed by atoms with E-state index in [2.05, 4.69) is 51.6 Å². The van der Waals surface area contributed by atoms with Crippen molar-refractivity contribution in [2.45, 2.75) is 38.6 Å². The van der Waals surface area contributed by atoms with E-state index in [9.17, 15) is 4.79 Å². The minimum Gasteiger partial charge on any atom is -0.465 e. The molecule has 0 spiro atoms. The molecule has 1 unspecified atom stereocenters. The lowest BCUT2D eigenvalue weighted by molar-refractivity contribution is 0.0600. The van der Waals surface area contributed by atoms with Crippen LogP contribution in [0.3, 0.4) is 0 Å². The summed E-state index contributed by atoms with van der Waals surface area (Å²) in [5.41, 5.74) is 3.00. The molecule has 1 aliphatic heterocycles. The second-order valence-electron chi connectivity index (χ2n) is 7.47. The van der Waals surface area contributed by atoms with Gasteiger partial charge in [-0.25, -0.2) is 4.79 Å². The maximum atomic E-state index is 11.6. The molecule has 0 aromatic heterocycles. The Labute approximate surface area is 188 Å². The molecule has 162 valence electrons. The number of allylic oxidation sites excluding steroid dienone is 4. The summed E-state index contributed by atoms with van der Waals surface area (Å²) < 4.78 is 5.81. The van der Waals surface area contributed by atoms with Crippen molar-refractivity contribution in [3.8, 4) is 0 Å². The predicted octanol–water partition coefficient (Wildman–Crippen LogP) is 5.33. The molecule has 0 amide bonds. The summed E-state index contributed by atoms with van der Waals surface area (Å²) in [6.07, 6.45) is 9.73. The lowest BCUT2D eigenvalue weighted by atomic mass is 9.88. The van der Waals surface area contributed by atoms with Crippen LogP contribution in [0, 0.1) is 0 Å². The Morgan fingerprint density at radius 2 is 1.93 bits per heavy atom. The lowest BCUT2D eigenvalue weighted by Crippen LogP contribution is -2.42. The maximum Gasteiger partial charge on any atom is 0.337 e. The lowest BCUT2D eigenvalue weighted by Gasteiger charge is -2.38. The highest BCUT2D eigenvalue weighted by molar-refractivity contribution is 9.11. The Kier molecular flexibility index (Phi) is 9.53. The van der Waals surface area contributed by atoms with E-state index in [1.165, 1.54) is 12.7 Å². The molecule has 0 saturated carbocycles. The SMILES string of the molecule is C=C/C=C(/C(C)N1CCC(c2ccc(C(=O)OC)cc2)CC1)N(C)/N=C\C=C(/C)Br. The Morgan fingerprint density at radius 3 is 2.47 bits per heavy atom. The molecule has 0 aliphatic carbocycles. The second-order valence-corrected chi connectivity index (χ2v) is 8.72. The van der Waals surface area contributed by atoms with Gasteiger partial charge in [0.25, 0.3) is 0 Å². The van der Waals surface area contributed by atoms with E-state index in [0.29, 0.717) is 11.5 Å². The fraction of sp³-hybridized carbons (Fsp3) is 0.417. The Balaban J connectivity index is 2.00. The van der Waals surface area contributed by atoms with Crippen LogP contribution in [0.25, 0.3) is 0 Å². The van der Waals surface area contributed by atoms with Gasteiger partial charge < -0.3 is 4.74 Å². The van der Waals surface area contributed by atoms with Crippen molar-refractivity contribution in [1.82, 2.24) is 9.91 Å². The molecule has 30 heavy (non-hydrogen) atoms. The molecule has 2 rings (SSSR count). The van der Waals surface area contributed by atoms with Crippen LogP contribution >= 0.6 is 15.9 Å². The number of hydrazone groups is 1.